The van der Waals surface area contributed by atoms with Crippen LogP contribution < -0.4 is 5.49 Å². The predicted octanol–water partition coefficient (Wildman–Crippen LogP) is 4.55. The fraction of sp³-hybridized carbons (Fsp3) is 0.700. The number of rotatable bonds is 5. The van der Waals surface area contributed by atoms with Crippen molar-refractivity contribution in [2.45, 2.75) is 77.1 Å². The molecule has 1 fully saturated rings. The number of hydrogen-bond acceptors (Lipinski definition) is 3. The van der Waals surface area contributed by atoms with Crippen LogP contribution in [0.25, 0.3) is 0 Å². The smallest absolute Gasteiger partial charge is 0.203 e. The first-order valence-corrected chi connectivity index (χ1v) is 12.2. The number of likely N-dealkylation sites (tertiary alicyclic amines) is 1. The van der Waals surface area contributed by atoms with Gasteiger partial charge in [-0.05, 0) is 41.6 Å². The van der Waals surface area contributed by atoms with Gasteiger partial charge in [0.05, 0.1) is 6.10 Å². The van der Waals surface area contributed by atoms with E-state index in [2.05, 4.69) is 41.5 Å². The van der Waals surface area contributed by atoms with Gasteiger partial charge in [-0.25, -0.2) is 4.39 Å². The Morgan fingerprint density at radius 3 is 2.30 bits per heavy atom. The third-order valence-electron chi connectivity index (χ3n) is 5.90. The third kappa shape index (κ3) is 4.51. The van der Waals surface area contributed by atoms with Crippen molar-refractivity contribution < 1.29 is 8.82 Å². The molecule has 27 heavy (non-hydrogen) atoms. The van der Waals surface area contributed by atoms with Crippen molar-refractivity contribution in [3.05, 3.63) is 29.6 Å². The average molecular weight is 395 g/mol. The van der Waals surface area contributed by atoms with Gasteiger partial charge in [-0.3, -0.25) is 15.4 Å². The lowest BCUT2D eigenvalue weighted by molar-refractivity contribution is 0.104. The Labute approximate surface area is 163 Å². The first kappa shape index (κ1) is 21.8. The van der Waals surface area contributed by atoms with E-state index in [0.717, 1.165) is 19.4 Å². The van der Waals surface area contributed by atoms with Crippen molar-refractivity contribution in [1.29, 1.82) is 10.8 Å². The number of nitrogens with one attached hydrogen (secondary N) is 2. The molecule has 2 rings (SSSR count). The van der Waals surface area contributed by atoms with Crippen LogP contribution in [0.4, 0.5) is 4.39 Å². The second-order valence-electron chi connectivity index (χ2n) is 8.57. The molecule has 2 heterocycles. The second-order valence-corrected chi connectivity index (χ2v) is 14.0. The van der Waals surface area contributed by atoms with Crippen LogP contribution >= 0.6 is 0 Å². The van der Waals surface area contributed by atoms with Gasteiger partial charge in [0.1, 0.15) is 11.3 Å². The molecule has 0 aliphatic carbocycles. The van der Waals surface area contributed by atoms with E-state index >= 15 is 0 Å². The molecule has 0 bridgehead atoms. The molecule has 0 aromatic carbocycles. The number of piperidine rings is 1. The Morgan fingerprint density at radius 2 is 1.74 bits per heavy atom. The molecular formula is C20H35FN4OSi. The Bertz CT molecular complexity index is 694. The van der Waals surface area contributed by atoms with Crippen LogP contribution in [0.15, 0.2) is 18.3 Å². The zero-order valence-corrected chi connectivity index (χ0v) is 18.6. The van der Waals surface area contributed by atoms with Crippen molar-refractivity contribution in [3.63, 3.8) is 0 Å². The van der Waals surface area contributed by atoms with E-state index < -0.39 is 14.1 Å². The normalized spacial score (nSPS) is 18.6. The first-order chi connectivity index (χ1) is 12.6. The fourth-order valence-corrected chi connectivity index (χ4v) is 10.3. The van der Waals surface area contributed by atoms with E-state index in [0.29, 0.717) is 23.2 Å². The lowest BCUT2D eigenvalue weighted by atomic mass is 10.1. The second kappa shape index (κ2) is 8.69. The summed E-state index contributed by atoms with van der Waals surface area (Å²) in [5.41, 5.74) is 1.67. The summed E-state index contributed by atoms with van der Waals surface area (Å²) in [5, 5.41) is 16.5. The van der Waals surface area contributed by atoms with Gasteiger partial charge in [-0.15, -0.1) is 0 Å². The molecule has 1 aromatic rings. The Morgan fingerprint density at radius 1 is 1.15 bits per heavy atom. The minimum Gasteiger partial charge on any atom is -0.411 e. The largest absolute Gasteiger partial charge is 0.411 e. The molecule has 1 aliphatic rings. The van der Waals surface area contributed by atoms with Gasteiger partial charge in [-0.1, -0.05) is 41.5 Å². The minimum atomic E-state index is -1.98. The fourth-order valence-electron chi connectivity index (χ4n) is 4.73. The van der Waals surface area contributed by atoms with Crippen molar-refractivity contribution in [3.8, 4) is 0 Å². The molecule has 1 aromatic heterocycles. The van der Waals surface area contributed by atoms with E-state index in [1.165, 1.54) is 22.9 Å². The molecule has 7 heteroatoms. The SMILES string of the molecule is CC(C)[Si](O[C@H]1CCCN(C(=N)n2cc(F)ccc2=N)C1)(C(C)C)C(C)C. The molecule has 152 valence electrons. The number of hydrogen-bond donors (Lipinski definition) is 2. The van der Waals surface area contributed by atoms with E-state index in [4.69, 9.17) is 15.2 Å². The van der Waals surface area contributed by atoms with Gasteiger partial charge in [0.2, 0.25) is 14.3 Å². The average Bonchev–Trinajstić information content (AvgIpc) is 2.60. The topological polar surface area (TPSA) is 65.1 Å². The van der Waals surface area contributed by atoms with Crippen LogP contribution in [-0.2, 0) is 4.43 Å². The standard InChI is InChI=1S/C20H35FN4OSi/c1-14(2)27(15(3)4,16(5)6)26-18-8-7-11-24(13-18)20(23)25-12-17(21)9-10-19(25)22/h9-10,12,14-16,18,22-23H,7-8,11,13H2,1-6H3/t18-/m0/s1. The van der Waals surface area contributed by atoms with Crippen molar-refractivity contribution >= 4 is 14.3 Å². The minimum absolute atomic E-state index is 0.0845. The molecule has 2 N–H and O–H groups in total. The summed E-state index contributed by atoms with van der Waals surface area (Å²) in [6, 6.07) is 2.64. The number of nitrogens with zero attached hydrogens (tertiary/aromatic N) is 2. The quantitative estimate of drug-likeness (QED) is 0.437. The molecule has 1 saturated heterocycles. The van der Waals surface area contributed by atoms with Crippen LogP contribution in [0, 0.1) is 16.6 Å². The highest BCUT2D eigenvalue weighted by atomic mass is 28.4. The van der Waals surface area contributed by atoms with Gasteiger partial charge < -0.3 is 9.33 Å². The Balaban J connectivity index is 2.21. The van der Waals surface area contributed by atoms with Crippen molar-refractivity contribution in [1.82, 2.24) is 9.47 Å². The van der Waals surface area contributed by atoms with E-state index in [-0.39, 0.29) is 17.6 Å². The lowest BCUT2D eigenvalue weighted by Gasteiger charge is -2.46. The summed E-state index contributed by atoms with van der Waals surface area (Å²) >= 11 is 0. The van der Waals surface area contributed by atoms with E-state index in [1.807, 2.05) is 4.90 Å². The molecule has 1 atom stereocenters. The lowest BCUT2D eigenvalue weighted by Crippen LogP contribution is -2.55. The Kier molecular flexibility index (Phi) is 7.02. The van der Waals surface area contributed by atoms with E-state index in [1.54, 1.807) is 0 Å². The maximum absolute atomic E-state index is 13.6. The van der Waals surface area contributed by atoms with E-state index in [9.17, 15) is 4.39 Å². The maximum atomic E-state index is 13.6. The Hall–Kier alpha value is -1.47. The van der Waals surface area contributed by atoms with Gasteiger partial charge in [0.25, 0.3) is 0 Å². The van der Waals surface area contributed by atoms with Gasteiger partial charge in [0, 0.05) is 19.3 Å². The van der Waals surface area contributed by atoms with Gasteiger partial charge in [-0.2, -0.15) is 0 Å². The summed E-state index contributed by atoms with van der Waals surface area (Å²) in [4.78, 5) is 1.92. The highest BCUT2D eigenvalue weighted by Crippen LogP contribution is 2.43. The summed E-state index contributed by atoms with van der Waals surface area (Å²) < 4.78 is 21.8. The first-order valence-electron chi connectivity index (χ1n) is 10.0. The number of pyridine rings is 1. The van der Waals surface area contributed by atoms with Gasteiger partial charge in [0.15, 0.2) is 0 Å². The number of halogens is 1. The third-order valence-corrected chi connectivity index (χ3v) is 12.1. The van der Waals surface area contributed by atoms with Crippen LogP contribution in [0.3, 0.4) is 0 Å². The van der Waals surface area contributed by atoms with Crippen molar-refractivity contribution in [2.75, 3.05) is 13.1 Å². The molecule has 0 spiro atoms. The number of aromatic nitrogens is 1. The molecule has 0 radical (unpaired) electrons. The zero-order chi connectivity index (χ0) is 20.4. The molecule has 0 amide bonds. The zero-order valence-electron chi connectivity index (χ0n) is 17.6. The highest BCUT2D eigenvalue weighted by Gasteiger charge is 2.47. The van der Waals surface area contributed by atoms with Gasteiger partial charge >= 0.3 is 0 Å². The molecular weight excluding hydrogens is 359 g/mol. The summed E-state index contributed by atoms with van der Waals surface area (Å²) in [7, 11) is -1.98. The molecule has 1 aliphatic heterocycles. The van der Waals surface area contributed by atoms with Crippen LogP contribution in [0.1, 0.15) is 54.4 Å². The molecule has 0 unspecified atom stereocenters. The molecule has 0 saturated carbocycles. The predicted molar refractivity (Wildman–Crippen MR) is 110 cm³/mol. The van der Waals surface area contributed by atoms with Crippen molar-refractivity contribution in [2.24, 2.45) is 0 Å². The highest BCUT2D eigenvalue weighted by molar-refractivity contribution is 6.77. The maximum Gasteiger partial charge on any atom is 0.203 e. The monoisotopic (exact) mass is 394 g/mol. The van der Waals surface area contributed by atoms with Crippen LogP contribution in [-0.4, -0.2) is 42.9 Å². The summed E-state index contributed by atoms with van der Waals surface area (Å²) in [6.07, 6.45) is 3.23. The summed E-state index contributed by atoms with van der Waals surface area (Å²) in [6.45, 7) is 15.1. The summed E-state index contributed by atoms with van der Waals surface area (Å²) in [5.74, 6) is -0.287. The van der Waals surface area contributed by atoms with Crippen LogP contribution in [0.2, 0.25) is 16.6 Å². The van der Waals surface area contributed by atoms with Crippen LogP contribution in [0.5, 0.6) is 0 Å². The molecule has 5 nitrogen and oxygen atoms in total.